The van der Waals surface area contributed by atoms with Crippen LogP contribution in [0.2, 0.25) is 5.02 Å². The minimum Gasteiger partial charge on any atom is -0.385 e. The molecule has 0 radical (unpaired) electrons. The number of ether oxygens (including phenoxy) is 1. The number of nitrogens with zero attached hydrogens (tertiary/aromatic N) is 4. The van der Waals surface area contributed by atoms with E-state index in [1.807, 2.05) is 28.8 Å². The maximum atomic E-state index is 6.32. The van der Waals surface area contributed by atoms with Gasteiger partial charge < -0.3 is 19.9 Å². The average molecular weight is 521 g/mol. The van der Waals surface area contributed by atoms with E-state index in [9.17, 15) is 0 Å². The zero-order valence-corrected chi connectivity index (χ0v) is 19.8. The van der Waals surface area contributed by atoms with Crippen molar-refractivity contribution >= 4 is 41.5 Å². The van der Waals surface area contributed by atoms with E-state index in [0.29, 0.717) is 13.2 Å². The molecule has 2 aromatic rings. The summed E-state index contributed by atoms with van der Waals surface area (Å²) in [6.07, 6.45) is 3.49. The molecule has 0 amide bonds. The van der Waals surface area contributed by atoms with E-state index in [4.69, 9.17) is 16.3 Å². The van der Waals surface area contributed by atoms with Crippen molar-refractivity contribution in [2.24, 2.45) is 4.99 Å². The molecule has 1 heterocycles. The monoisotopic (exact) mass is 520 g/mol. The molecule has 9 heteroatoms. The molecule has 156 valence electrons. The van der Waals surface area contributed by atoms with Crippen molar-refractivity contribution in [1.29, 1.82) is 0 Å². The predicted molar refractivity (Wildman–Crippen MR) is 125 cm³/mol. The number of nitrogens with one attached hydrogen (secondary N) is 2. The van der Waals surface area contributed by atoms with Gasteiger partial charge in [-0.15, -0.1) is 34.2 Å². The highest BCUT2D eigenvalue weighted by Crippen LogP contribution is 2.21. The molecule has 28 heavy (non-hydrogen) atoms. The van der Waals surface area contributed by atoms with Gasteiger partial charge in [-0.25, -0.2) is 0 Å². The number of guanidine groups is 1. The molecule has 0 aliphatic heterocycles. The van der Waals surface area contributed by atoms with Crippen molar-refractivity contribution in [1.82, 2.24) is 25.4 Å². The molecule has 2 N–H and O–H groups in total. The van der Waals surface area contributed by atoms with Gasteiger partial charge in [-0.3, -0.25) is 4.99 Å². The molecule has 0 saturated heterocycles. The summed E-state index contributed by atoms with van der Waals surface area (Å²) in [5.41, 5.74) is 1.04. The number of halogens is 2. The Hall–Kier alpha value is -1.39. The van der Waals surface area contributed by atoms with Gasteiger partial charge in [0.15, 0.2) is 5.96 Å². The minimum absolute atomic E-state index is 0. The number of benzene rings is 1. The summed E-state index contributed by atoms with van der Waals surface area (Å²) in [6.45, 7) is 7.01. The molecule has 0 aliphatic carbocycles. The highest BCUT2D eigenvalue weighted by Gasteiger charge is 2.11. The fourth-order valence-corrected chi connectivity index (χ4v) is 3.00. The number of hydrogen-bond donors (Lipinski definition) is 2. The Balaban J connectivity index is 0.00000392. The normalized spacial score (nSPS) is 12.4. The molecule has 0 saturated carbocycles. The number of hydrogen-bond acceptors (Lipinski definition) is 4. The standard InChI is InChI=1S/C19H29ClN6O.HI/c1-4-18-25-23-14-26(18)12-11-22-19(21-10-7-13-27-3)24-15(2)16-8-5-6-9-17(16)20;/h5-6,8-9,14-15H,4,7,10-13H2,1-3H3,(H2,21,22,24);1H. The summed E-state index contributed by atoms with van der Waals surface area (Å²) in [6, 6.07) is 7.87. The molecule has 1 unspecified atom stereocenters. The summed E-state index contributed by atoms with van der Waals surface area (Å²) in [5, 5.41) is 15.6. The van der Waals surface area contributed by atoms with Crippen molar-refractivity contribution in [3.8, 4) is 0 Å². The first kappa shape index (κ1) is 24.6. The van der Waals surface area contributed by atoms with Crippen LogP contribution in [0, 0.1) is 0 Å². The smallest absolute Gasteiger partial charge is 0.191 e. The quantitative estimate of drug-likeness (QED) is 0.217. The third kappa shape index (κ3) is 7.92. The summed E-state index contributed by atoms with van der Waals surface area (Å²) in [4.78, 5) is 4.65. The Labute approximate surface area is 189 Å². The number of aromatic nitrogens is 3. The van der Waals surface area contributed by atoms with Crippen LogP contribution in [0.25, 0.3) is 0 Å². The Bertz CT molecular complexity index is 724. The molecular weight excluding hydrogens is 491 g/mol. The molecule has 0 aliphatic rings. The maximum Gasteiger partial charge on any atom is 0.191 e. The lowest BCUT2D eigenvalue weighted by molar-refractivity contribution is 0.197. The van der Waals surface area contributed by atoms with Crippen LogP contribution in [0.4, 0.5) is 0 Å². The number of methoxy groups -OCH3 is 1. The Morgan fingerprint density at radius 3 is 2.86 bits per heavy atom. The van der Waals surface area contributed by atoms with Crippen LogP contribution in [0.15, 0.2) is 35.6 Å². The van der Waals surface area contributed by atoms with Gasteiger partial charge >= 0.3 is 0 Å². The predicted octanol–water partition coefficient (Wildman–Crippen LogP) is 3.44. The highest BCUT2D eigenvalue weighted by atomic mass is 127. The molecule has 7 nitrogen and oxygen atoms in total. The van der Waals surface area contributed by atoms with Gasteiger partial charge in [-0.2, -0.15) is 0 Å². The summed E-state index contributed by atoms with van der Waals surface area (Å²) in [7, 11) is 1.70. The lowest BCUT2D eigenvalue weighted by Gasteiger charge is -2.20. The molecular formula is C19H30ClIN6O. The van der Waals surface area contributed by atoms with E-state index in [2.05, 4.69) is 39.7 Å². The molecule has 1 atom stereocenters. The summed E-state index contributed by atoms with van der Waals surface area (Å²) in [5.74, 6) is 1.73. The van der Waals surface area contributed by atoms with E-state index in [1.54, 1.807) is 13.4 Å². The van der Waals surface area contributed by atoms with E-state index in [-0.39, 0.29) is 30.0 Å². The third-order valence-electron chi connectivity index (χ3n) is 4.16. The highest BCUT2D eigenvalue weighted by molar-refractivity contribution is 14.0. The maximum absolute atomic E-state index is 6.32. The second-order valence-electron chi connectivity index (χ2n) is 6.19. The first-order valence-corrected chi connectivity index (χ1v) is 9.68. The van der Waals surface area contributed by atoms with Gasteiger partial charge in [-0.05, 0) is 25.0 Å². The van der Waals surface area contributed by atoms with Gasteiger partial charge in [0.05, 0.1) is 6.04 Å². The van der Waals surface area contributed by atoms with Crippen LogP contribution in [-0.2, 0) is 17.7 Å². The molecule has 0 spiro atoms. The van der Waals surface area contributed by atoms with E-state index in [0.717, 1.165) is 48.3 Å². The summed E-state index contributed by atoms with van der Waals surface area (Å²) >= 11 is 6.32. The van der Waals surface area contributed by atoms with E-state index in [1.165, 1.54) is 0 Å². The number of aryl methyl sites for hydroxylation is 1. The van der Waals surface area contributed by atoms with E-state index < -0.39 is 0 Å². The molecule has 0 fully saturated rings. The van der Waals surface area contributed by atoms with Gasteiger partial charge in [0.2, 0.25) is 0 Å². The molecule has 2 rings (SSSR count). The second-order valence-corrected chi connectivity index (χ2v) is 6.59. The summed E-state index contributed by atoms with van der Waals surface area (Å²) < 4.78 is 7.15. The average Bonchev–Trinajstić information content (AvgIpc) is 3.12. The topological polar surface area (TPSA) is 76.4 Å². The molecule has 1 aromatic heterocycles. The largest absolute Gasteiger partial charge is 0.385 e. The first-order chi connectivity index (χ1) is 13.2. The van der Waals surface area contributed by atoms with Crippen LogP contribution < -0.4 is 10.6 Å². The first-order valence-electron chi connectivity index (χ1n) is 9.30. The molecule has 1 aromatic carbocycles. The van der Waals surface area contributed by atoms with Crippen molar-refractivity contribution < 1.29 is 4.74 Å². The zero-order valence-electron chi connectivity index (χ0n) is 16.7. The lowest BCUT2D eigenvalue weighted by atomic mass is 10.1. The Kier molecular flexibility index (Phi) is 12.1. The van der Waals surface area contributed by atoms with Gasteiger partial charge in [0, 0.05) is 44.8 Å². The third-order valence-corrected chi connectivity index (χ3v) is 4.50. The van der Waals surface area contributed by atoms with Crippen LogP contribution in [-0.4, -0.2) is 47.5 Å². The van der Waals surface area contributed by atoms with Crippen LogP contribution in [0.5, 0.6) is 0 Å². The van der Waals surface area contributed by atoms with Crippen LogP contribution >= 0.6 is 35.6 Å². The van der Waals surface area contributed by atoms with Gasteiger partial charge in [0.25, 0.3) is 0 Å². The van der Waals surface area contributed by atoms with Crippen LogP contribution in [0.1, 0.15) is 37.7 Å². The van der Waals surface area contributed by atoms with Crippen molar-refractivity contribution in [3.05, 3.63) is 47.0 Å². The molecule has 0 bridgehead atoms. The second kappa shape index (κ2) is 13.7. The van der Waals surface area contributed by atoms with E-state index >= 15 is 0 Å². The van der Waals surface area contributed by atoms with Crippen molar-refractivity contribution in [2.45, 2.75) is 39.3 Å². The van der Waals surface area contributed by atoms with Gasteiger partial charge in [0.1, 0.15) is 12.2 Å². The lowest BCUT2D eigenvalue weighted by Crippen LogP contribution is -2.40. The van der Waals surface area contributed by atoms with Crippen molar-refractivity contribution in [3.63, 3.8) is 0 Å². The zero-order chi connectivity index (χ0) is 19.5. The Morgan fingerprint density at radius 2 is 2.14 bits per heavy atom. The van der Waals surface area contributed by atoms with Crippen molar-refractivity contribution in [2.75, 3.05) is 26.8 Å². The van der Waals surface area contributed by atoms with Gasteiger partial charge in [-0.1, -0.05) is 36.7 Å². The van der Waals surface area contributed by atoms with Crippen LogP contribution in [0.3, 0.4) is 0 Å². The number of rotatable bonds is 10. The SMILES string of the molecule is CCc1nncn1CCNC(=NCCCOC)NC(C)c1ccccc1Cl.I. The number of aliphatic imine (C=N–C) groups is 1. The fourth-order valence-electron chi connectivity index (χ4n) is 2.70. The Morgan fingerprint density at radius 1 is 1.36 bits per heavy atom. The fraction of sp³-hybridized carbons (Fsp3) is 0.526. The minimum atomic E-state index is 0.